The standard InChI is InChI=1S/C18H18O/c1-4-5-10-19-18-9-8-16-12-15(11-14(2)3)6-7-17(16)13-18/h6-9,11-13H,10H2,1-3H3. The third-order valence-electron chi connectivity index (χ3n) is 2.78. The quantitative estimate of drug-likeness (QED) is 0.719. The topological polar surface area (TPSA) is 9.23 Å². The summed E-state index contributed by atoms with van der Waals surface area (Å²) in [4.78, 5) is 0. The molecule has 0 radical (unpaired) electrons. The van der Waals surface area contributed by atoms with Gasteiger partial charge in [0.15, 0.2) is 0 Å². The molecule has 2 aromatic rings. The summed E-state index contributed by atoms with van der Waals surface area (Å²) in [5, 5.41) is 2.41. The Kier molecular flexibility index (Phi) is 4.26. The van der Waals surface area contributed by atoms with Crippen LogP contribution in [0, 0.1) is 11.8 Å². The van der Waals surface area contributed by atoms with Crippen molar-refractivity contribution in [2.75, 3.05) is 6.61 Å². The largest absolute Gasteiger partial charge is 0.481 e. The van der Waals surface area contributed by atoms with Gasteiger partial charge in [-0.1, -0.05) is 35.8 Å². The highest BCUT2D eigenvalue weighted by molar-refractivity contribution is 5.86. The van der Waals surface area contributed by atoms with E-state index in [0.717, 1.165) is 5.75 Å². The molecule has 0 spiro atoms. The summed E-state index contributed by atoms with van der Waals surface area (Å²) < 4.78 is 5.56. The zero-order chi connectivity index (χ0) is 13.7. The molecule has 0 unspecified atom stereocenters. The van der Waals surface area contributed by atoms with E-state index in [1.807, 2.05) is 13.0 Å². The van der Waals surface area contributed by atoms with E-state index in [2.05, 4.69) is 62.1 Å². The van der Waals surface area contributed by atoms with Crippen molar-refractivity contribution in [1.82, 2.24) is 0 Å². The Labute approximate surface area is 114 Å². The van der Waals surface area contributed by atoms with Crippen LogP contribution < -0.4 is 4.74 Å². The molecule has 0 atom stereocenters. The maximum Gasteiger partial charge on any atom is 0.149 e. The van der Waals surface area contributed by atoms with Crippen molar-refractivity contribution >= 4 is 16.8 Å². The lowest BCUT2D eigenvalue weighted by Gasteiger charge is -2.05. The fourth-order valence-electron chi connectivity index (χ4n) is 1.95. The predicted molar refractivity (Wildman–Crippen MR) is 82.2 cm³/mol. The molecule has 19 heavy (non-hydrogen) atoms. The minimum Gasteiger partial charge on any atom is -0.481 e. The van der Waals surface area contributed by atoms with Crippen LogP contribution in [0.4, 0.5) is 0 Å². The van der Waals surface area contributed by atoms with Gasteiger partial charge in [0.05, 0.1) is 0 Å². The lowest BCUT2D eigenvalue weighted by molar-refractivity contribution is 0.371. The van der Waals surface area contributed by atoms with Crippen molar-refractivity contribution in [1.29, 1.82) is 0 Å². The Morgan fingerprint density at radius 1 is 1.11 bits per heavy atom. The highest BCUT2D eigenvalue weighted by atomic mass is 16.5. The molecule has 0 saturated heterocycles. The van der Waals surface area contributed by atoms with Crippen LogP contribution >= 0.6 is 0 Å². The van der Waals surface area contributed by atoms with Crippen LogP contribution in [-0.4, -0.2) is 6.61 Å². The Morgan fingerprint density at radius 3 is 2.58 bits per heavy atom. The Morgan fingerprint density at radius 2 is 1.84 bits per heavy atom. The third kappa shape index (κ3) is 3.63. The number of rotatable bonds is 3. The molecular formula is C18H18O. The number of benzene rings is 2. The second-order valence-corrected chi connectivity index (χ2v) is 4.71. The first-order valence-corrected chi connectivity index (χ1v) is 6.40. The van der Waals surface area contributed by atoms with Gasteiger partial charge in [-0.15, -0.1) is 5.92 Å². The van der Waals surface area contributed by atoms with Gasteiger partial charge in [-0.25, -0.2) is 0 Å². The summed E-state index contributed by atoms with van der Waals surface area (Å²) in [6.07, 6.45) is 2.18. The Bertz CT molecular complexity index is 665. The van der Waals surface area contributed by atoms with Crippen molar-refractivity contribution < 1.29 is 4.74 Å². The summed E-state index contributed by atoms with van der Waals surface area (Å²) in [7, 11) is 0. The molecule has 0 amide bonds. The number of allylic oxidation sites excluding steroid dienone is 1. The smallest absolute Gasteiger partial charge is 0.149 e. The van der Waals surface area contributed by atoms with E-state index in [9.17, 15) is 0 Å². The predicted octanol–water partition coefficient (Wildman–Crippen LogP) is 4.67. The van der Waals surface area contributed by atoms with Crippen LogP contribution in [0.3, 0.4) is 0 Å². The van der Waals surface area contributed by atoms with Gasteiger partial charge in [-0.3, -0.25) is 0 Å². The maximum atomic E-state index is 5.56. The summed E-state index contributed by atoms with van der Waals surface area (Å²) >= 11 is 0. The second kappa shape index (κ2) is 6.11. The van der Waals surface area contributed by atoms with Crippen LogP contribution in [0.5, 0.6) is 5.75 Å². The van der Waals surface area contributed by atoms with E-state index in [0.29, 0.717) is 6.61 Å². The molecule has 2 aromatic carbocycles. The van der Waals surface area contributed by atoms with Gasteiger partial charge < -0.3 is 4.74 Å². The fraction of sp³-hybridized carbons (Fsp3) is 0.222. The lowest BCUT2D eigenvalue weighted by Crippen LogP contribution is -1.93. The van der Waals surface area contributed by atoms with E-state index < -0.39 is 0 Å². The minimum absolute atomic E-state index is 0.442. The van der Waals surface area contributed by atoms with Crippen LogP contribution in [0.2, 0.25) is 0 Å². The Balaban J connectivity index is 2.29. The zero-order valence-corrected chi connectivity index (χ0v) is 11.7. The SMILES string of the molecule is CC#CCOc1ccc2cc(C=C(C)C)ccc2c1. The molecule has 2 rings (SSSR count). The van der Waals surface area contributed by atoms with Crippen LogP contribution in [0.25, 0.3) is 16.8 Å². The molecule has 0 fully saturated rings. The maximum absolute atomic E-state index is 5.56. The molecule has 0 aliphatic heterocycles. The number of ether oxygens (including phenoxy) is 1. The summed E-state index contributed by atoms with van der Waals surface area (Å²) in [5.74, 6) is 6.58. The monoisotopic (exact) mass is 250 g/mol. The highest BCUT2D eigenvalue weighted by Crippen LogP contribution is 2.23. The molecule has 1 heteroatoms. The molecule has 0 saturated carbocycles. The zero-order valence-electron chi connectivity index (χ0n) is 11.7. The van der Waals surface area contributed by atoms with Gasteiger partial charge in [-0.05, 0) is 55.3 Å². The van der Waals surface area contributed by atoms with Gasteiger partial charge in [0.2, 0.25) is 0 Å². The summed E-state index contributed by atoms with van der Waals surface area (Å²) in [5.41, 5.74) is 2.54. The fourth-order valence-corrected chi connectivity index (χ4v) is 1.95. The molecule has 1 nitrogen and oxygen atoms in total. The van der Waals surface area contributed by atoms with E-state index in [1.54, 1.807) is 0 Å². The molecular weight excluding hydrogens is 232 g/mol. The number of hydrogen-bond donors (Lipinski definition) is 0. The molecule has 96 valence electrons. The average molecular weight is 250 g/mol. The van der Waals surface area contributed by atoms with Crippen LogP contribution in [0.1, 0.15) is 26.3 Å². The summed E-state index contributed by atoms with van der Waals surface area (Å²) in [6.45, 7) is 6.47. The molecule has 0 aromatic heterocycles. The van der Waals surface area contributed by atoms with Gasteiger partial charge in [-0.2, -0.15) is 0 Å². The van der Waals surface area contributed by atoms with Crippen molar-refractivity contribution in [2.45, 2.75) is 20.8 Å². The normalized spacial score (nSPS) is 9.63. The van der Waals surface area contributed by atoms with E-state index in [-0.39, 0.29) is 0 Å². The molecule has 0 heterocycles. The first-order valence-electron chi connectivity index (χ1n) is 6.40. The number of fused-ring (bicyclic) bond motifs is 1. The molecule has 0 N–H and O–H groups in total. The first-order chi connectivity index (χ1) is 9.19. The third-order valence-corrected chi connectivity index (χ3v) is 2.78. The van der Waals surface area contributed by atoms with Crippen molar-refractivity contribution in [3.05, 3.63) is 47.5 Å². The minimum atomic E-state index is 0.442. The van der Waals surface area contributed by atoms with Crippen molar-refractivity contribution in [2.24, 2.45) is 0 Å². The van der Waals surface area contributed by atoms with Crippen LogP contribution in [0.15, 0.2) is 42.0 Å². The Hall–Kier alpha value is -2.20. The van der Waals surface area contributed by atoms with Crippen LogP contribution in [-0.2, 0) is 0 Å². The van der Waals surface area contributed by atoms with Crippen molar-refractivity contribution in [3.63, 3.8) is 0 Å². The van der Waals surface area contributed by atoms with E-state index in [4.69, 9.17) is 4.74 Å². The van der Waals surface area contributed by atoms with Crippen molar-refractivity contribution in [3.8, 4) is 17.6 Å². The van der Waals surface area contributed by atoms with Gasteiger partial charge in [0, 0.05) is 0 Å². The lowest BCUT2D eigenvalue weighted by atomic mass is 10.1. The first kappa shape index (κ1) is 13.2. The van der Waals surface area contributed by atoms with Gasteiger partial charge in [0.25, 0.3) is 0 Å². The van der Waals surface area contributed by atoms with E-state index in [1.165, 1.54) is 21.9 Å². The highest BCUT2D eigenvalue weighted by Gasteiger charge is 1.98. The van der Waals surface area contributed by atoms with Gasteiger partial charge >= 0.3 is 0 Å². The number of hydrogen-bond acceptors (Lipinski definition) is 1. The molecule has 0 bridgehead atoms. The van der Waals surface area contributed by atoms with E-state index >= 15 is 0 Å². The molecule has 0 aliphatic rings. The molecule has 0 aliphatic carbocycles. The average Bonchev–Trinajstić information content (AvgIpc) is 2.38. The summed E-state index contributed by atoms with van der Waals surface area (Å²) in [6, 6.07) is 12.6. The van der Waals surface area contributed by atoms with Gasteiger partial charge in [0.1, 0.15) is 12.4 Å². The second-order valence-electron chi connectivity index (χ2n) is 4.71.